The molecule has 1 amide bonds. The van der Waals surface area contributed by atoms with Crippen LogP contribution in [0.5, 0.6) is 0 Å². The van der Waals surface area contributed by atoms with E-state index in [9.17, 15) is 9.59 Å². The van der Waals surface area contributed by atoms with Gasteiger partial charge in [0.2, 0.25) is 5.91 Å². The van der Waals surface area contributed by atoms with Crippen molar-refractivity contribution in [2.24, 2.45) is 11.8 Å². The van der Waals surface area contributed by atoms with Gasteiger partial charge in [-0.15, -0.1) is 0 Å². The van der Waals surface area contributed by atoms with Crippen molar-refractivity contribution in [2.75, 3.05) is 6.54 Å². The molecule has 1 aliphatic heterocycles. The zero-order valence-corrected chi connectivity index (χ0v) is 15.4. The number of amides is 1. The van der Waals surface area contributed by atoms with Gasteiger partial charge in [-0.1, -0.05) is 50.0 Å². The van der Waals surface area contributed by atoms with E-state index in [1.54, 1.807) is 0 Å². The van der Waals surface area contributed by atoms with E-state index < -0.39 is 8.07 Å². The van der Waals surface area contributed by atoms with Crippen molar-refractivity contribution in [3.8, 4) is 0 Å². The highest BCUT2D eigenvalue weighted by atomic mass is 28.3. The number of nitrogens with zero attached hydrogens (tertiary/aromatic N) is 1. The van der Waals surface area contributed by atoms with Gasteiger partial charge in [0.25, 0.3) is 0 Å². The van der Waals surface area contributed by atoms with Crippen molar-refractivity contribution in [1.82, 2.24) is 4.90 Å². The lowest BCUT2D eigenvalue weighted by Crippen LogP contribution is -2.53. The Morgan fingerprint density at radius 1 is 1.09 bits per heavy atom. The van der Waals surface area contributed by atoms with E-state index in [1.807, 2.05) is 23.1 Å². The van der Waals surface area contributed by atoms with Gasteiger partial charge in [-0.3, -0.25) is 9.59 Å². The molecule has 3 nitrogen and oxygen atoms in total. The summed E-state index contributed by atoms with van der Waals surface area (Å²) in [6.07, 6.45) is 2.23. The van der Waals surface area contributed by atoms with Gasteiger partial charge in [0.1, 0.15) is 5.78 Å². The number of hydrogen-bond acceptors (Lipinski definition) is 2. The Kier molecular flexibility index (Phi) is 4.45. The lowest BCUT2D eigenvalue weighted by molar-refractivity contribution is -0.145. The van der Waals surface area contributed by atoms with E-state index in [4.69, 9.17) is 0 Å². The van der Waals surface area contributed by atoms with Crippen LogP contribution >= 0.6 is 0 Å². The van der Waals surface area contributed by atoms with E-state index in [-0.39, 0.29) is 11.8 Å². The third kappa shape index (κ3) is 3.42. The molecular formula is C19H27NO2Si. The van der Waals surface area contributed by atoms with Crippen LogP contribution in [0.4, 0.5) is 0 Å². The first-order valence-corrected chi connectivity index (χ1v) is 12.3. The van der Waals surface area contributed by atoms with Gasteiger partial charge in [0, 0.05) is 39.9 Å². The summed E-state index contributed by atoms with van der Waals surface area (Å²) in [6.45, 7) is 8.40. The fourth-order valence-electron chi connectivity index (χ4n) is 4.31. The molecule has 1 aromatic carbocycles. The van der Waals surface area contributed by atoms with Gasteiger partial charge in [-0.2, -0.15) is 0 Å². The number of carbonyl (C=O) groups is 2. The van der Waals surface area contributed by atoms with Crippen LogP contribution in [0.15, 0.2) is 30.3 Å². The summed E-state index contributed by atoms with van der Waals surface area (Å²) in [5, 5.41) is 0. The first-order valence-electron chi connectivity index (χ1n) is 8.70. The molecule has 1 heterocycles. The molecule has 0 N–H and O–H groups in total. The SMILES string of the molecule is C[Si](C)(C)[C@H]1CC(=O)C[C@@H]2CCN(Cc3ccccc3)C(=O)[C@@H]21. The smallest absolute Gasteiger partial charge is 0.226 e. The lowest BCUT2D eigenvalue weighted by Gasteiger charge is -2.47. The Bertz CT molecular complexity index is 593. The van der Waals surface area contributed by atoms with Crippen molar-refractivity contribution in [1.29, 1.82) is 0 Å². The molecule has 124 valence electrons. The number of carbonyl (C=O) groups excluding carboxylic acids is 2. The highest BCUT2D eigenvalue weighted by Gasteiger charge is 2.49. The monoisotopic (exact) mass is 329 g/mol. The number of piperidine rings is 1. The Morgan fingerprint density at radius 3 is 2.43 bits per heavy atom. The van der Waals surface area contributed by atoms with Gasteiger partial charge >= 0.3 is 0 Å². The van der Waals surface area contributed by atoms with E-state index in [0.29, 0.717) is 36.6 Å². The number of fused-ring (bicyclic) bond motifs is 1. The van der Waals surface area contributed by atoms with Crippen LogP contribution in [0.25, 0.3) is 0 Å². The molecule has 0 unspecified atom stereocenters. The normalized spacial score (nSPS) is 28.7. The van der Waals surface area contributed by atoms with Crippen LogP contribution in [0.3, 0.4) is 0 Å². The average molecular weight is 330 g/mol. The molecule has 1 saturated carbocycles. The molecule has 3 atom stereocenters. The second-order valence-corrected chi connectivity index (χ2v) is 13.7. The number of hydrogen-bond donors (Lipinski definition) is 0. The Morgan fingerprint density at radius 2 is 1.78 bits per heavy atom. The summed E-state index contributed by atoms with van der Waals surface area (Å²) in [7, 11) is -1.54. The highest BCUT2D eigenvalue weighted by Crippen LogP contribution is 2.47. The minimum atomic E-state index is -1.54. The minimum absolute atomic E-state index is 0.0804. The van der Waals surface area contributed by atoms with Crippen LogP contribution in [0.1, 0.15) is 24.8 Å². The summed E-state index contributed by atoms with van der Waals surface area (Å²) >= 11 is 0. The van der Waals surface area contributed by atoms with Crippen LogP contribution in [0.2, 0.25) is 25.2 Å². The van der Waals surface area contributed by atoms with Gasteiger partial charge in [-0.25, -0.2) is 0 Å². The lowest BCUT2D eigenvalue weighted by atomic mass is 9.73. The quantitative estimate of drug-likeness (QED) is 0.793. The van der Waals surface area contributed by atoms with Crippen LogP contribution < -0.4 is 0 Å². The van der Waals surface area contributed by atoms with E-state index in [1.165, 1.54) is 5.56 Å². The molecule has 23 heavy (non-hydrogen) atoms. The van der Waals surface area contributed by atoms with Gasteiger partial charge in [-0.05, 0) is 23.4 Å². The Labute approximate surface area is 140 Å². The van der Waals surface area contributed by atoms with E-state index in [0.717, 1.165) is 13.0 Å². The minimum Gasteiger partial charge on any atom is -0.338 e. The largest absolute Gasteiger partial charge is 0.338 e. The van der Waals surface area contributed by atoms with Crippen molar-refractivity contribution >= 4 is 19.8 Å². The third-order valence-electron chi connectivity index (χ3n) is 5.57. The molecule has 4 heteroatoms. The molecule has 0 bridgehead atoms. The van der Waals surface area contributed by atoms with Gasteiger partial charge < -0.3 is 4.90 Å². The first-order chi connectivity index (χ1) is 10.9. The first kappa shape index (κ1) is 16.4. The molecule has 2 fully saturated rings. The predicted octanol–water partition coefficient (Wildman–Crippen LogP) is 3.72. The molecule has 1 aliphatic carbocycles. The summed E-state index contributed by atoms with van der Waals surface area (Å²) in [5.41, 5.74) is 1.50. The highest BCUT2D eigenvalue weighted by molar-refractivity contribution is 6.78. The van der Waals surface area contributed by atoms with Gasteiger partial charge in [0.05, 0.1) is 0 Å². The summed E-state index contributed by atoms with van der Waals surface area (Å²) < 4.78 is 0. The molecule has 0 radical (unpaired) electrons. The molecule has 0 spiro atoms. The Hall–Kier alpha value is -1.42. The molecule has 1 aromatic rings. The Balaban J connectivity index is 1.82. The maximum atomic E-state index is 13.2. The van der Waals surface area contributed by atoms with Crippen molar-refractivity contribution in [3.05, 3.63) is 35.9 Å². The topological polar surface area (TPSA) is 37.4 Å². The average Bonchev–Trinajstić information content (AvgIpc) is 2.49. The predicted molar refractivity (Wildman–Crippen MR) is 94.8 cm³/mol. The molecule has 0 aromatic heterocycles. The molecular weight excluding hydrogens is 302 g/mol. The number of benzene rings is 1. The van der Waals surface area contributed by atoms with E-state index in [2.05, 4.69) is 31.8 Å². The summed E-state index contributed by atoms with van der Waals surface area (Å²) in [4.78, 5) is 27.3. The maximum absolute atomic E-state index is 13.2. The van der Waals surface area contributed by atoms with Crippen molar-refractivity contribution < 1.29 is 9.59 Å². The number of Topliss-reactive ketones (excluding diaryl/α,β-unsaturated/α-hetero) is 1. The molecule has 3 rings (SSSR count). The fourth-order valence-corrected chi connectivity index (χ4v) is 6.64. The second kappa shape index (κ2) is 6.23. The van der Waals surface area contributed by atoms with Crippen LogP contribution in [-0.4, -0.2) is 31.2 Å². The number of rotatable bonds is 3. The third-order valence-corrected chi connectivity index (χ3v) is 8.36. The van der Waals surface area contributed by atoms with Crippen molar-refractivity contribution in [2.45, 2.75) is 51.0 Å². The van der Waals surface area contributed by atoms with Crippen molar-refractivity contribution in [3.63, 3.8) is 0 Å². The zero-order valence-electron chi connectivity index (χ0n) is 14.4. The second-order valence-electron chi connectivity index (χ2n) is 8.24. The molecule has 2 aliphatic rings. The summed E-state index contributed by atoms with van der Waals surface area (Å²) in [6, 6.07) is 10.2. The summed E-state index contributed by atoms with van der Waals surface area (Å²) in [5.74, 6) is 1.04. The number of likely N-dealkylation sites (tertiary alicyclic amines) is 1. The molecule has 1 saturated heterocycles. The maximum Gasteiger partial charge on any atom is 0.226 e. The van der Waals surface area contributed by atoms with Gasteiger partial charge in [0.15, 0.2) is 0 Å². The van der Waals surface area contributed by atoms with Crippen LogP contribution in [0, 0.1) is 11.8 Å². The number of ketones is 1. The standard InChI is InChI=1S/C19H27NO2Si/c1-23(2,3)17-12-16(21)11-15-9-10-20(19(22)18(15)17)13-14-7-5-4-6-8-14/h4-8,15,17-18H,9-13H2,1-3H3/t15-,17-,18-/m0/s1. The van der Waals surface area contributed by atoms with E-state index >= 15 is 0 Å². The van der Waals surface area contributed by atoms with Crippen LogP contribution in [-0.2, 0) is 16.1 Å². The fraction of sp³-hybridized carbons (Fsp3) is 0.579. The zero-order chi connectivity index (χ0) is 16.6.